The molecule has 0 amide bonds. The van der Waals surface area contributed by atoms with Crippen LogP contribution in [0.25, 0.3) is 0 Å². The van der Waals surface area contributed by atoms with Gasteiger partial charge in [0.1, 0.15) is 0 Å². The van der Waals surface area contributed by atoms with Gasteiger partial charge in [0.05, 0.1) is 0 Å². The first-order chi connectivity index (χ1) is 7.83. The van der Waals surface area contributed by atoms with Gasteiger partial charge in [-0.1, -0.05) is 36.6 Å². The zero-order valence-electron chi connectivity index (χ0n) is 9.75. The van der Waals surface area contributed by atoms with E-state index in [0.717, 1.165) is 24.5 Å². The first-order valence-corrected chi connectivity index (χ1v) is 6.32. The summed E-state index contributed by atoms with van der Waals surface area (Å²) in [5.74, 6) is 0. The van der Waals surface area contributed by atoms with Crippen LogP contribution in [-0.4, -0.2) is 13.2 Å². The summed E-state index contributed by atoms with van der Waals surface area (Å²) < 4.78 is 5.19. The van der Waals surface area contributed by atoms with E-state index >= 15 is 0 Å². The lowest BCUT2D eigenvalue weighted by Gasteiger charge is -2.03. The Balaban J connectivity index is 2.01. The lowest BCUT2D eigenvalue weighted by atomic mass is 10.1. The van der Waals surface area contributed by atoms with E-state index in [2.05, 4.69) is 19.1 Å². The van der Waals surface area contributed by atoms with Crippen molar-refractivity contribution in [3.63, 3.8) is 0 Å². The summed E-state index contributed by atoms with van der Waals surface area (Å²) in [4.78, 5) is 0. The standard InChI is InChI=1S/C14H20ClO/c1-2-16-12-6-4-3-5-7-13-8-10-14(15)11-9-13/h8-11H,1-7,12H2. The Morgan fingerprint density at radius 2 is 1.69 bits per heavy atom. The largest absolute Gasteiger partial charge is 0.381 e. The van der Waals surface area contributed by atoms with E-state index in [9.17, 15) is 0 Å². The van der Waals surface area contributed by atoms with Crippen LogP contribution in [0.3, 0.4) is 0 Å². The maximum absolute atomic E-state index is 5.82. The number of hydrogen-bond acceptors (Lipinski definition) is 1. The normalized spacial score (nSPS) is 10.6. The molecule has 0 atom stereocenters. The predicted molar refractivity (Wildman–Crippen MR) is 69.8 cm³/mol. The van der Waals surface area contributed by atoms with Crippen LogP contribution in [0, 0.1) is 6.92 Å². The second-order valence-electron chi connectivity index (χ2n) is 3.90. The Kier molecular flexibility index (Phi) is 7.28. The van der Waals surface area contributed by atoms with Crippen LogP contribution in [0.2, 0.25) is 5.02 Å². The van der Waals surface area contributed by atoms with Gasteiger partial charge >= 0.3 is 0 Å². The third kappa shape index (κ3) is 6.14. The average molecular weight is 240 g/mol. The smallest absolute Gasteiger partial charge is 0.0466 e. The number of rotatable bonds is 8. The van der Waals surface area contributed by atoms with E-state index in [-0.39, 0.29) is 0 Å². The number of halogens is 1. The van der Waals surface area contributed by atoms with Crippen molar-refractivity contribution in [2.45, 2.75) is 32.1 Å². The molecule has 0 aliphatic rings. The van der Waals surface area contributed by atoms with Crippen LogP contribution in [0.1, 0.15) is 31.2 Å². The Morgan fingerprint density at radius 1 is 1.00 bits per heavy atom. The molecule has 1 nitrogen and oxygen atoms in total. The van der Waals surface area contributed by atoms with Crippen LogP contribution >= 0.6 is 11.6 Å². The van der Waals surface area contributed by atoms with Gasteiger partial charge in [-0.05, 0) is 43.9 Å². The molecule has 0 saturated heterocycles. The molecule has 89 valence electrons. The molecule has 0 N–H and O–H groups in total. The third-order valence-corrected chi connectivity index (χ3v) is 2.81. The molecule has 1 aromatic rings. The van der Waals surface area contributed by atoms with Gasteiger partial charge < -0.3 is 4.74 Å². The van der Waals surface area contributed by atoms with E-state index in [0.29, 0.717) is 6.61 Å². The number of hydrogen-bond donors (Lipinski definition) is 0. The van der Waals surface area contributed by atoms with E-state index in [4.69, 9.17) is 16.3 Å². The fourth-order valence-corrected chi connectivity index (χ4v) is 1.77. The van der Waals surface area contributed by atoms with Crippen molar-refractivity contribution in [3.8, 4) is 0 Å². The van der Waals surface area contributed by atoms with Crippen molar-refractivity contribution < 1.29 is 4.74 Å². The second-order valence-corrected chi connectivity index (χ2v) is 4.34. The fraction of sp³-hybridized carbons (Fsp3) is 0.500. The minimum Gasteiger partial charge on any atom is -0.381 e. The molecular formula is C14H20ClO. The summed E-state index contributed by atoms with van der Waals surface area (Å²) >= 11 is 5.82. The van der Waals surface area contributed by atoms with Gasteiger partial charge in [-0.3, -0.25) is 0 Å². The van der Waals surface area contributed by atoms with Crippen molar-refractivity contribution in [1.82, 2.24) is 0 Å². The molecule has 0 bridgehead atoms. The van der Waals surface area contributed by atoms with E-state index in [1.54, 1.807) is 0 Å². The monoisotopic (exact) mass is 239 g/mol. The molecule has 1 aromatic carbocycles. The van der Waals surface area contributed by atoms with Gasteiger partial charge in [-0.15, -0.1) is 0 Å². The first kappa shape index (κ1) is 13.5. The average Bonchev–Trinajstić information content (AvgIpc) is 2.30. The van der Waals surface area contributed by atoms with Crippen LogP contribution in [0.15, 0.2) is 24.3 Å². The third-order valence-electron chi connectivity index (χ3n) is 2.56. The molecule has 0 heterocycles. The predicted octanol–water partition coefficient (Wildman–Crippen LogP) is 4.29. The van der Waals surface area contributed by atoms with Crippen molar-refractivity contribution in [1.29, 1.82) is 0 Å². The highest BCUT2D eigenvalue weighted by Crippen LogP contribution is 2.12. The molecule has 0 aliphatic heterocycles. The molecular weight excluding hydrogens is 220 g/mol. The summed E-state index contributed by atoms with van der Waals surface area (Å²) in [7, 11) is 0. The maximum atomic E-state index is 5.82. The summed E-state index contributed by atoms with van der Waals surface area (Å²) in [5.41, 5.74) is 1.37. The highest BCUT2D eigenvalue weighted by atomic mass is 35.5. The van der Waals surface area contributed by atoms with Crippen molar-refractivity contribution in [2.24, 2.45) is 0 Å². The summed E-state index contributed by atoms with van der Waals surface area (Å²) in [6.45, 7) is 5.07. The Labute approximate surface area is 104 Å². The molecule has 0 fully saturated rings. The Hall–Kier alpha value is -0.530. The summed E-state index contributed by atoms with van der Waals surface area (Å²) in [6.07, 6.45) is 6.05. The van der Waals surface area contributed by atoms with Gasteiger partial charge in [-0.25, -0.2) is 0 Å². The lowest BCUT2D eigenvalue weighted by molar-refractivity contribution is 0.156. The van der Waals surface area contributed by atoms with Crippen molar-refractivity contribution in [2.75, 3.05) is 13.2 Å². The van der Waals surface area contributed by atoms with Crippen LogP contribution in [0.5, 0.6) is 0 Å². The van der Waals surface area contributed by atoms with Crippen molar-refractivity contribution in [3.05, 3.63) is 41.8 Å². The number of ether oxygens (including phenoxy) is 1. The minimum atomic E-state index is 0.588. The van der Waals surface area contributed by atoms with Crippen molar-refractivity contribution >= 4 is 11.6 Å². The number of aryl methyl sites for hydroxylation is 1. The SMILES string of the molecule is [CH2]COCCCCCCc1ccc(Cl)cc1. The maximum Gasteiger partial charge on any atom is 0.0466 e. The van der Waals surface area contributed by atoms with Gasteiger partial charge in [0.2, 0.25) is 0 Å². The molecule has 0 unspecified atom stereocenters. The van der Waals surface area contributed by atoms with Crippen LogP contribution < -0.4 is 0 Å². The lowest BCUT2D eigenvalue weighted by Crippen LogP contribution is -1.93. The summed E-state index contributed by atoms with van der Waals surface area (Å²) in [5, 5.41) is 0.814. The highest BCUT2D eigenvalue weighted by Gasteiger charge is 1.94. The first-order valence-electron chi connectivity index (χ1n) is 5.94. The number of unbranched alkanes of at least 4 members (excludes halogenated alkanes) is 3. The second kappa shape index (κ2) is 8.60. The molecule has 0 saturated carbocycles. The molecule has 0 spiro atoms. The molecule has 16 heavy (non-hydrogen) atoms. The van der Waals surface area contributed by atoms with E-state index in [1.165, 1.54) is 24.8 Å². The Bertz CT molecular complexity index is 269. The zero-order chi connectivity index (χ0) is 11.6. The van der Waals surface area contributed by atoms with Gasteiger partial charge in [-0.2, -0.15) is 0 Å². The van der Waals surface area contributed by atoms with Crippen LogP contribution in [0.4, 0.5) is 0 Å². The summed E-state index contributed by atoms with van der Waals surface area (Å²) in [6, 6.07) is 8.13. The Morgan fingerprint density at radius 3 is 2.38 bits per heavy atom. The topological polar surface area (TPSA) is 9.23 Å². The zero-order valence-corrected chi connectivity index (χ0v) is 10.5. The quantitative estimate of drug-likeness (QED) is 0.615. The van der Waals surface area contributed by atoms with Crippen LogP contribution in [-0.2, 0) is 11.2 Å². The highest BCUT2D eigenvalue weighted by molar-refractivity contribution is 6.30. The van der Waals surface area contributed by atoms with Gasteiger partial charge in [0.25, 0.3) is 0 Å². The minimum absolute atomic E-state index is 0.588. The molecule has 2 heteroatoms. The number of benzene rings is 1. The molecule has 1 radical (unpaired) electrons. The van der Waals surface area contributed by atoms with E-state index in [1.807, 2.05) is 12.1 Å². The van der Waals surface area contributed by atoms with E-state index < -0.39 is 0 Å². The molecule has 1 rings (SSSR count). The fourth-order valence-electron chi connectivity index (χ4n) is 1.64. The van der Waals surface area contributed by atoms with Gasteiger partial charge in [0.15, 0.2) is 0 Å². The molecule has 0 aromatic heterocycles. The van der Waals surface area contributed by atoms with Gasteiger partial charge in [0, 0.05) is 18.2 Å². The molecule has 0 aliphatic carbocycles.